The van der Waals surface area contributed by atoms with Gasteiger partial charge in [-0.2, -0.15) is 0 Å². The number of rotatable bonds is 10. The molecule has 2 aromatic carbocycles. The van der Waals surface area contributed by atoms with Crippen LogP contribution in [0.2, 0.25) is 0 Å². The fourth-order valence-electron chi connectivity index (χ4n) is 2.94. The third-order valence-electron chi connectivity index (χ3n) is 4.14. The molecule has 2 aromatic rings. The van der Waals surface area contributed by atoms with Crippen LogP contribution in [0, 0.1) is 27.2 Å². The summed E-state index contributed by atoms with van der Waals surface area (Å²) in [5, 5.41) is 25.6. The van der Waals surface area contributed by atoms with Gasteiger partial charge < -0.3 is 14.4 Å². The quantitative estimate of drug-likeness (QED) is 0.265. The van der Waals surface area contributed by atoms with Gasteiger partial charge in [-0.3, -0.25) is 24.8 Å². The summed E-state index contributed by atoms with van der Waals surface area (Å²) in [4.78, 5) is 21.5. The van der Waals surface area contributed by atoms with Crippen LogP contribution < -0.4 is 5.32 Å². The number of hydrogen-bond acceptors (Lipinski definition) is 8. The van der Waals surface area contributed by atoms with Crippen LogP contribution >= 0.6 is 7.60 Å². The molecule has 0 heterocycles. The summed E-state index contributed by atoms with van der Waals surface area (Å²) in [5.41, 5.74) is 0.741. The number of benzene rings is 2. The highest BCUT2D eigenvalue weighted by atomic mass is 31.2. The Morgan fingerprint density at radius 3 is 2.06 bits per heavy atom. The van der Waals surface area contributed by atoms with Crippen molar-refractivity contribution < 1.29 is 23.5 Å². The van der Waals surface area contributed by atoms with E-state index < -0.39 is 35.4 Å². The Balaban J connectivity index is 2.63. The monoisotopic (exact) mass is 451 g/mol. The zero-order valence-electron chi connectivity index (χ0n) is 18.0. The summed E-state index contributed by atoms with van der Waals surface area (Å²) in [5.74, 6) is -1.14. The Hall–Kier alpha value is -2.81. The number of nitrogens with one attached hydrogen (secondary N) is 1. The van der Waals surface area contributed by atoms with Crippen molar-refractivity contribution in [2.75, 3.05) is 5.32 Å². The molecule has 0 saturated heterocycles. The summed E-state index contributed by atoms with van der Waals surface area (Å²) in [7, 11) is -3.93. The van der Waals surface area contributed by atoms with Crippen LogP contribution in [0.25, 0.3) is 0 Å². The van der Waals surface area contributed by atoms with Crippen molar-refractivity contribution in [2.45, 2.75) is 52.6 Å². The topological polar surface area (TPSA) is 134 Å². The average molecular weight is 451 g/mol. The lowest BCUT2D eigenvalue weighted by atomic mass is 10.1. The molecule has 0 radical (unpaired) electrons. The molecular weight excluding hydrogens is 425 g/mol. The molecule has 1 N–H and O–H groups in total. The Morgan fingerprint density at radius 2 is 1.55 bits per heavy atom. The lowest BCUT2D eigenvalue weighted by Gasteiger charge is -2.31. The second-order valence-corrected chi connectivity index (χ2v) is 9.52. The second-order valence-electron chi connectivity index (χ2n) is 7.51. The van der Waals surface area contributed by atoms with Gasteiger partial charge >= 0.3 is 7.60 Å². The maximum atomic E-state index is 13.9. The molecule has 168 valence electrons. The largest absolute Gasteiger partial charge is 0.368 e. The Morgan fingerprint density at radius 1 is 0.935 bits per heavy atom. The van der Waals surface area contributed by atoms with E-state index in [9.17, 15) is 24.8 Å². The zero-order chi connectivity index (χ0) is 23.3. The van der Waals surface area contributed by atoms with Crippen LogP contribution in [0.4, 0.5) is 17.1 Å². The third kappa shape index (κ3) is 6.33. The van der Waals surface area contributed by atoms with Crippen molar-refractivity contribution >= 4 is 24.7 Å². The number of non-ortho nitro benzene ring substituents is 1. The van der Waals surface area contributed by atoms with E-state index in [-0.39, 0.29) is 11.4 Å². The molecule has 0 spiro atoms. The van der Waals surface area contributed by atoms with E-state index in [0.29, 0.717) is 16.8 Å². The maximum absolute atomic E-state index is 13.9. The molecule has 1 unspecified atom stereocenters. The predicted molar refractivity (Wildman–Crippen MR) is 117 cm³/mol. The molecule has 1 atom stereocenters. The Labute approximate surface area is 180 Å². The first-order chi connectivity index (χ1) is 14.4. The summed E-state index contributed by atoms with van der Waals surface area (Å²) >= 11 is 0. The minimum atomic E-state index is -3.93. The van der Waals surface area contributed by atoms with E-state index in [4.69, 9.17) is 9.05 Å². The highest BCUT2D eigenvalue weighted by Crippen LogP contribution is 2.62. The van der Waals surface area contributed by atoms with Gasteiger partial charge in [0.2, 0.25) is 0 Å². The highest BCUT2D eigenvalue weighted by molar-refractivity contribution is 7.54. The fourth-order valence-corrected chi connectivity index (χ4v) is 5.24. The van der Waals surface area contributed by atoms with E-state index in [1.54, 1.807) is 52.8 Å². The van der Waals surface area contributed by atoms with Gasteiger partial charge in [-0.1, -0.05) is 18.2 Å². The van der Waals surface area contributed by atoms with Gasteiger partial charge in [0.05, 0.1) is 22.1 Å². The van der Waals surface area contributed by atoms with Gasteiger partial charge in [0.15, 0.2) is 5.78 Å². The number of nitrogens with zero attached hydrogens (tertiary/aromatic N) is 2. The molecule has 0 fully saturated rings. The number of nitro benzene ring substituents is 2. The zero-order valence-corrected chi connectivity index (χ0v) is 18.9. The highest BCUT2D eigenvalue weighted by Gasteiger charge is 2.40. The van der Waals surface area contributed by atoms with Crippen LogP contribution in [-0.2, 0) is 13.6 Å². The van der Waals surface area contributed by atoms with Crippen molar-refractivity contribution in [1.82, 2.24) is 0 Å². The molecule has 0 amide bonds. The van der Waals surface area contributed by atoms with Gasteiger partial charge in [0, 0.05) is 29.4 Å². The van der Waals surface area contributed by atoms with E-state index >= 15 is 0 Å². The maximum Gasteiger partial charge on any atom is 0.357 e. The van der Waals surface area contributed by atoms with Crippen molar-refractivity contribution in [1.29, 1.82) is 0 Å². The standard InChI is InChI=1S/C20H26N3O7P/c1-13(2)29-31(28,30-14(3)4)20(16-7-6-8-18(11-16)22(24)25)21-17-10-9-15(5)19(12-17)23(26)27/h6-14,20-21H,1-5H3. The molecule has 31 heavy (non-hydrogen) atoms. The lowest BCUT2D eigenvalue weighted by molar-refractivity contribution is -0.385. The summed E-state index contributed by atoms with van der Waals surface area (Å²) in [6.45, 7) is 8.37. The molecule has 10 nitrogen and oxygen atoms in total. The van der Waals surface area contributed by atoms with Crippen LogP contribution in [0.15, 0.2) is 42.5 Å². The summed E-state index contributed by atoms with van der Waals surface area (Å²) < 4.78 is 25.3. The van der Waals surface area contributed by atoms with Crippen LogP contribution in [0.3, 0.4) is 0 Å². The molecule has 11 heteroatoms. The molecule has 0 aliphatic heterocycles. The van der Waals surface area contributed by atoms with Crippen LogP contribution in [0.5, 0.6) is 0 Å². The molecule has 0 bridgehead atoms. The van der Waals surface area contributed by atoms with Crippen LogP contribution in [0.1, 0.15) is 44.6 Å². The third-order valence-corrected chi connectivity index (χ3v) is 6.63. The van der Waals surface area contributed by atoms with Crippen molar-refractivity contribution in [3.05, 3.63) is 73.8 Å². The number of nitro groups is 2. The lowest BCUT2D eigenvalue weighted by Crippen LogP contribution is -2.19. The molecule has 0 saturated carbocycles. The van der Waals surface area contributed by atoms with Crippen molar-refractivity contribution in [3.63, 3.8) is 0 Å². The molecular formula is C20H26N3O7P. The van der Waals surface area contributed by atoms with Gasteiger partial charge in [-0.15, -0.1) is 0 Å². The first-order valence-corrected chi connectivity index (χ1v) is 11.3. The van der Waals surface area contributed by atoms with E-state index in [1.807, 2.05) is 0 Å². The van der Waals surface area contributed by atoms with Crippen LogP contribution in [-0.4, -0.2) is 22.1 Å². The number of anilines is 1. The van der Waals surface area contributed by atoms with Gasteiger partial charge in [0.25, 0.3) is 11.4 Å². The normalized spacial score (nSPS) is 12.7. The molecule has 0 aromatic heterocycles. The Kier molecular flexibility index (Phi) is 7.89. The SMILES string of the molecule is Cc1ccc(NC(c2cccc([N+](=O)[O-])c2)P(=O)(OC(C)C)OC(C)C)cc1[N+](=O)[O-]. The van der Waals surface area contributed by atoms with Gasteiger partial charge in [-0.25, -0.2) is 0 Å². The van der Waals surface area contributed by atoms with E-state index in [2.05, 4.69) is 5.32 Å². The minimum absolute atomic E-state index is 0.118. The Bertz CT molecular complexity index is 996. The fraction of sp³-hybridized carbons (Fsp3) is 0.400. The van der Waals surface area contributed by atoms with E-state index in [0.717, 1.165) is 0 Å². The molecule has 0 aliphatic rings. The van der Waals surface area contributed by atoms with Crippen molar-refractivity contribution in [2.24, 2.45) is 0 Å². The predicted octanol–water partition coefficient (Wildman–Crippen LogP) is 5.97. The summed E-state index contributed by atoms with van der Waals surface area (Å²) in [6.07, 6.45) is -0.945. The molecule has 0 aliphatic carbocycles. The van der Waals surface area contributed by atoms with E-state index in [1.165, 1.54) is 24.3 Å². The van der Waals surface area contributed by atoms with Gasteiger partial charge in [-0.05, 0) is 46.2 Å². The number of hydrogen-bond donors (Lipinski definition) is 1. The van der Waals surface area contributed by atoms with Gasteiger partial charge in [0.1, 0.15) is 0 Å². The van der Waals surface area contributed by atoms with Crippen molar-refractivity contribution in [3.8, 4) is 0 Å². The summed E-state index contributed by atoms with van der Waals surface area (Å²) in [6, 6.07) is 10.1. The first-order valence-electron chi connectivity index (χ1n) is 9.65. The average Bonchev–Trinajstić information content (AvgIpc) is 2.65. The first kappa shape index (κ1) is 24.5. The molecule has 2 rings (SSSR count). The smallest absolute Gasteiger partial charge is 0.357 e. The second kappa shape index (κ2) is 10.00. The number of aryl methyl sites for hydroxylation is 1. The minimum Gasteiger partial charge on any atom is -0.368 e.